The van der Waals surface area contributed by atoms with Gasteiger partial charge in [-0.1, -0.05) is 0 Å². The van der Waals surface area contributed by atoms with Crippen molar-refractivity contribution in [1.29, 1.82) is 0 Å². The Morgan fingerprint density at radius 1 is 1.16 bits per heavy atom. The van der Waals surface area contributed by atoms with E-state index in [1.165, 1.54) is 0 Å². The summed E-state index contributed by atoms with van der Waals surface area (Å²) in [6, 6.07) is 3.90. The number of carbonyl (C=O) groups is 2. The van der Waals surface area contributed by atoms with Crippen LogP contribution in [-0.4, -0.2) is 59.4 Å². The lowest BCUT2D eigenvalue weighted by Crippen LogP contribution is -2.48. The normalized spacial score (nSPS) is 18.5. The van der Waals surface area contributed by atoms with E-state index in [1.54, 1.807) is 11.1 Å². The number of halogens is 1. The van der Waals surface area contributed by atoms with E-state index < -0.39 is 0 Å². The minimum atomic E-state index is -0.0342. The number of urea groups is 1. The Balaban J connectivity index is 1.58. The van der Waals surface area contributed by atoms with Gasteiger partial charge in [-0.15, -0.1) is 0 Å². The van der Waals surface area contributed by atoms with Crippen molar-refractivity contribution in [3.05, 3.63) is 22.8 Å². The second-order valence-corrected chi connectivity index (χ2v) is 7.57. The number of hydrogen-bond acceptors (Lipinski definition) is 3. The zero-order valence-corrected chi connectivity index (χ0v) is 16.2. The van der Waals surface area contributed by atoms with Gasteiger partial charge in [0, 0.05) is 49.3 Å². The van der Waals surface area contributed by atoms with Crippen LogP contribution in [0.2, 0.25) is 0 Å². The molecule has 0 aliphatic carbocycles. The molecule has 3 amide bonds. The van der Waals surface area contributed by atoms with Crippen molar-refractivity contribution in [1.82, 2.24) is 14.8 Å². The molecule has 136 valence electrons. The van der Waals surface area contributed by atoms with Gasteiger partial charge in [-0.25, -0.2) is 9.78 Å². The van der Waals surface area contributed by atoms with Gasteiger partial charge in [0.15, 0.2) is 0 Å². The number of rotatable bonds is 3. The first-order valence-corrected chi connectivity index (χ1v) is 9.86. The largest absolute Gasteiger partial charge is 0.325 e. The van der Waals surface area contributed by atoms with Crippen molar-refractivity contribution >= 4 is 33.7 Å². The maximum absolute atomic E-state index is 12.9. The summed E-state index contributed by atoms with van der Waals surface area (Å²) in [5.74, 6) is 0.768. The zero-order chi connectivity index (χ0) is 17.8. The van der Waals surface area contributed by atoms with Crippen LogP contribution in [0.15, 0.2) is 22.8 Å². The molecular formula is C18H25BrN4O2. The number of hydrogen-bond donors (Lipinski definition) is 0. The molecule has 1 aromatic rings. The summed E-state index contributed by atoms with van der Waals surface area (Å²) < 4.78 is 0.897. The number of likely N-dealkylation sites (tertiary alicyclic amines) is 2. The van der Waals surface area contributed by atoms with Crippen LogP contribution in [-0.2, 0) is 4.79 Å². The lowest BCUT2D eigenvalue weighted by Gasteiger charge is -2.35. The van der Waals surface area contributed by atoms with Crippen LogP contribution in [0.1, 0.15) is 32.6 Å². The van der Waals surface area contributed by atoms with Gasteiger partial charge >= 0.3 is 6.03 Å². The fourth-order valence-corrected chi connectivity index (χ4v) is 3.84. The average Bonchev–Trinajstić information content (AvgIpc) is 3.18. The molecule has 0 saturated carbocycles. The highest BCUT2D eigenvalue weighted by Gasteiger charge is 2.32. The van der Waals surface area contributed by atoms with Crippen molar-refractivity contribution in [2.24, 2.45) is 5.92 Å². The van der Waals surface area contributed by atoms with E-state index in [9.17, 15) is 9.59 Å². The molecule has 0 unspecified atom stereocenters. The number of amides is 3. The van der Waals surface area contributed by atoms with Crippen molar-refractivity contribution in [3.8, 4) is 0 Å². The van der Waals surface area contributed by atoms with E-state index in [0.717, 1.165) is 43.2 Å². The van der Waals surface area contributed by atoms with E-state index >= 15 is 0 Å². The fraction of sp³-hybridized carbons (Fsp3) is 0.611. The van der Waals surface area contributed by atoms with Crippen LogP contribution >= 0.6 is 15.9 Å². The minimum Gasteiger partial charge on any atom is -0.325 e. The van der Waals surface area contributed by atoms with Gasteiger partial charge in [0.25, 0.3) is 0 Å². The molecule has 7 heteroatoms. The molecule has 1 aromatic heterocycles. The summed E-state index contributed by atoms with van der Waals surface area (Å²) in [5, 5.41) is 0. The Kier molecular flexibility index (Phi) is 5.93. The average molecular weight is 409 g/mol. The molecule has 2 aliphatic heterocycles. The summed E-state index contributed by atoms with van der Waals surface area (Å²) in [7, 11) is 0. The van der Waals surface area contributed by atoms with E-state index in [0.29, 0.717) is 25.5 Å². The topological polar surface area (TPSA) is 56.8 Å². The molecule has 25 heavy (non-hydrogen) atoms. The molecule has 2 fully saturated rings. The molecule has 2 saturated heterocycles. The summed E-state index contributed by atoms with van der Waals surface area (Å²) in [4.78, 5) is 35.3. The van der Waals surface area contributed by atoms with Gasteiger partial charge in [0.05, 0.1) is 0 Å². The van der Waals surface area contributed by atoms with E-state index in [2.05, 4.69) is 20.9 Å². The third-order valence-electron chi connectivity index (χ3n) is 5.06. The number of nitrogens with zero attached hydrogens (tertiary/aromatic N) is 4. The third kappa shape index (κ3) is 4.14. The number of aromatic nitrogens is 1. The first-order valence-electron chi connectivity index (χ1n) is 9.07. The highest BCUT2D eigenvalue weighted by molar-refractivity contribution is 9.10. The molecule has 0 bridgehead atoms. The van der Waals surface area contributed by atoms with Crippen LogP contribution in [0, 0.1) is 5.92 Å². The Morgan fingerprint density at radius 3 is 2.36 bits per heavy atom. The third-order valence-corrected chi connectivity index (χ3v) is 5.53. The van der Waals surface area contributed by atoms with Crippen LogP contribution in [0.25, 0.3) is 0 Å². The highest BCUT2D eigenvalue weighted by atomic mass is 79.9. The van der Waals surface area contributed by atoms with Crippen molar-refractivity contribution in [2.75, 3.05) is 37.6 Å². The number of piperidine rings is 1. The van der Waals surface area contributed by atoms with Gasteiger partial charge in [0.1, 0.15) is 5.82 Å². The lowest BCUT2D eigenvalue weighted by molar-refractivity contribution is -0.123. The number of pyridine rings is 1. The fourth-order valence-electron chi connectivity index (χ4n) is 3.60. The summed E-state index contributed by atoms with van der Waals surface area (Å²) in [6.07, 6.45) is 5.37. The zero-order valence-electron chi connectivity index (χ0n) is 14.7. The quantitative estimate of drug-likeness (QED) is 0.771. The molecule has 0 aromatic carbocycles. The molecular weight excluding hydrogens is 384 g/mol. The summed E-state index contributed by atoms with van der Waals surface area (Å²) in [5.41, 5.74) is 0. The van der Waals surface area contributed by atoms with Crippen LogP contribution < -0.4 is 4.90 Å². The molecule has 2 aliphatic rings. The standard InChI is InChI=1S/C18H25BrN4O2/c1-2-23(16-6-5-15(19)13-20-16)17(24)14-7-11-22(12-8-14)18(25)21-9-3-4-10-21/h5-6,13-14H,2-4,7-12H2,1H3. The first-order chi connectivity index (χ1) is 12.1. The van der Waals surface area contributed by atoms with Crippen LogP contribution in [0.4, 0.5) is 10.6 Å². The molecule has 0 spiro atoms. The minimum absolute atomic E-state index is 0.0342. The highest BCUT2D eigenvalue weighted by Crippen LogP contribution is 2.24. The van der Waals surface area contributed by atoms with Gasteiger partial charge in [-0.05, 0) is 60.7 Å². The Labute approximate surface area is 157 Å². The summed E-state index contributed by atoms with van der Waals surface area (Å²) in [6.45, 7) is 5.63. The monoisotopic (exact) mass is 408 g/mol. The van der Waals surface area contributed by atoms with Crippen molar-refractivity contribution in [2.45, 2.75) is 32.6 Å². The van der Waals surface area contributed by atoms with E-state index in [1.807, 2.05) is 28.9 Å². The lowest BCUT2D eigenvalue weighted by atomic mass is 9.95. The Bertz CT molecular complexity index is 608. The van der Waals surface area contributed by atoms with Gasteiger partial charge in [-0.3, -0.25) is 9.69 Å². The smallest absolute Gasteiger partial charge is 0.319 e. The van der Waals surface area contributed by atoms with E-state index in [4.69, 9.17) is 0 Å². The molecule has 3 rings (SSSR count). The number of anilines is 1. The molecule has 0 atom stereocenters. The van der Waals surface area contributed by atoms with Gasteiger partial charge in [-0.2, -0.15) is 0 Å². The maximum Gasteiger partial charge on any atom is 0.319 e. The van der Waals surface area contributed by atoms with Gasteiger partial charge < -0.3 is 9.80 Å². The second kappa shape index (κ2) is 8.17. The predicted molar refractivity (Wildman–Crippen MR) is 100 cm³/mol. The molecule has 0 N–H and O–H groups in total. The van der Waals surface area contributed by atoms with E-state index in [-0.39, 0.29) is 17.9 Å². The molecule has 0 radical (unpaired) electrons. The second-order valence-electron chi connectivity index (χ2n) is 6.66. The SMILES string of the molecule is CCN(C(=O)C1CCN(C(=O)N2CCCC2)CC1)c1ccc(Br)cn1. The van der Waals surface area contributed by atoms with Crippen LogP contribution in [0.3, 0.4) is 0 Å². The number of carbonyl (C=O) groups excluding carboxylic acids is 2. The van der Waals surface area contributed by atoms with Gasteiger partial charge in [0.2, 0.25) is 5.91 Å². The summed E-state index contributed by atoms with van der Waals surface area (Å²) >= 11 is 3.37. The molecule has 3 heterocycles. The van der Waals surface area contributed by atoms with Crippen molar-refractivity contribution in [3.63, 3.8) is 0 Å². The Hall–Kier alpha value is -1.63. The maximum atomic E-state index is 12.9. The van der Waals surface area contributed by atoms with Crippen molar-refractivity contribution < 1.29 is 9.59 Å². The Morgan fingerprint density at radius 2 is 1.80 bits per heavy atom. The molecule has 6 nitrogen and oxygen atoms in total. The first kappa shape index (κ1) is 18.2. The predicted octanol–water partition coefficient (Wildman–Crippen LogP) is 3.12. The van der Waals surface area contributed by atoms with Crippen LogP contribution in [0.5, 0.6) is 0 Å².